The molecule has 128 valence electrons. The topological polar surface area (TPSA) is 89.9 Å². The Kier molecular flexibility index (Phi) is 6.08. The SMILES string of the molecule is CCOC(=O)c1ccc(CS(=O)c2ccc(C)cc2)c(N([O-])O)c1. The van der Waals surface area contributed by atoms with Crippen LogP contribution in [0.3, 0.4) is 0 Å². The lowest BCUT2D eigenvalue weighted by molar-refractivity contribution is 0.0526. The largest absolute Gasteiger partial charge is 0.733 e. The first-order chi connectivity index (χ1) is 11.4. The number of hydrogen-bond acceptors (Lipinski definition) is 6. The maximum absolute atomic E-state index is 12.4. The lowest BCUT2D eigenvalue weighted by Gasteiger charge is -2.25. The predicted octanol–water partition coefficient (Wildman–Crippen LogP) is 3.17. The van der Waals surface area contributed by atoms with Crippen LogP contribution in [0.15, 0.2) is 47.4 Å². The van der Waals surface area contributed by atoms with Crippen LogP contribution in [0.1, 0.15) is 28.4 Å². The first-order valence-electron chi connectivity index (χ1n) is 7.33. The van der Waals surface area contributed by atoms with Gasteiger partial charge in [-0.1, -0.05) is 23.8 Å². The molecule has 0 aliphatic carbocycles. The summed E-state index contributed by atoms with van der Waals surface area (Å²) in [6.45, 7) is 3.80. The Balaban J connectivity index is 2.27. The molecule has 0 fully saturated rings. The van der Waals surface area contributed by atoms with E-state index in [0.29, 0.717) is 10.5 Å². The van der Waals surface area contributed by atoms with E-state index in [0.717, 1.165) is 5.56 Å². The summed E-state index contributed by atoms with van der Waals surface area (Å²) < 4.78 is 17.3. The molecular formula is C17H18NO5S-. The number of carbonyl (C=O) groups excluding carboxylic acids is 1. The van der Waals surface area contributed by atoms with Crippen molar-refractivity contribution in [1.82, 2.24) is 0 Å². The van der Waals surface area contributed by atoms with E-state index in [1.165, 1.54) is 18.2 Å². The second-order valence-electron chi connectivity index (χ2n) is 5.14. The Morgan fingerprint density at radius 1 is 1.25 bits per heavy atom. The quantitative estimate of drug-likeness (QED) is 0.637. The van der Waals surface area contributed by atoms with Gasteiger partial charge in [-0.05, 0) is 43.7 Å². The minimum Gasteiger partial charge on any atom is -0.733 e. The van der Waals surface area contributed by atoms with Gasteiger partial charge in [0.15, 0.2) is 0 Å². The van der Waals surface area contributed by atoms with Crippen LogP contribution in [0.4, 0.5) is 5.69 Å². The van der Waals surface area contributed by atoms with Gasteiger partial charge in [-0.15, -0.1) is 0 Å². The Hall–Kier alpha value is -2.22. The monoisotopic (exact) mass is 348 g/mol. The van der Waals surface area contributed by atoms with E-state index in [1.54, 1.807) is 19.1 Å². The molecule has 2 rings (SSSR count). The Bertz CT molecular complexity index is 743. The van der Waals surface area contributed by atoms with E-state index in [-0.39, 0.29) is 28.8 Å². The molecule has 0 saturated heterocycles. The Morgan fingerprint density at radius 3 is 2.50 bits per heavy atom. The number of benzene rings is 2. The highest BCUT2D eigenvalue weighted by molar-refractivity contribution is 7.84. The van der Waals surface area contributed by atoms with Crippen LogP contribution in [0, 0.1) is 12.1 Å². The van der Waals surface area contributed by atoms with Crippen molar-refractivity contribution in [3.8, 4) is 0 Å². The highest BCUT2D eigenvalue weighted by Gasteiger charge is 2.14. The van der Waals surface area contributed by atoms with Crippen LogP contribution in [0.2, 0.25) is 0 Å². The van der Waals surface area contributed by atoms with Crippen molar-refractivity contribution in [3.63, 3.8) is 0 Å². The lowest BCUT2D eigenvalue weighted by Crippen LogP contribution is -2.13. The molecule has 1 atom stereocenters. The van der Waals surface area contributed by atoms with E-state index in [1.807, 2.05) is 19.1 Å². The number of anilines is 1. The molecule has 1 unspecified atom stereocenters. The van der Waals surface area contributed by atoms with Crippen molar-refractivity contribution >= 4 is 22.5 Å². The molecule has 0 radical (unpaired) electrons. The van der Waals surface area contributed by atoms with Gasteiger partial charge in [0.2, 0.25) is 0 Å². The fourth-order valence-electron chi connectivity index (χ4n) is 2.12. The number of esters is 1. The van der Waals surface area contributed by atoms with Gasteiger partial charge >= 0.3 is 5.97 Å². The molecular weight excluding hydrogens is 330 g/mol. The van der Waals surface area contributed by atoms with Gasteiger partial charge in [0.1, 0.15) is 0 Å². The summed E-state index contributed by atoms with van der Waals surface area (Å²) in [5, 5.41) is 20.3. The number of hydrogen-bond donors (Lipinski definition) is 1. The molecule has 0 spiro atoms. The standard InChI is InChI=1S/C17H18NO5S/c1-3-23-17(19)13-6-7-14(16(10-13)18(20)21)11-24(22)15-8-4-12(2)5-9-15/h4-10,20H,3,11H2,1-2H3/q-1. The first kappa shape index (κ1) is 18.1. The minimum atomic E-state index is -1.38. The van der Waals surface area contributed by atoms with Crippen LogP contribution >= 0.6 is 0 Å². The van der Waals surface area contributed by atoms with E-state index in [9.17, 15) is 19.4 Å². The zero-order chi connectivity index (χ0) is 17.7. The van der Waals surface area contributed by atoms with Gasteiger partial charge < -0.3 is 15.2 Å². The molecule has 1 N–H and O–H groups in total. The third-order valence-corrected chi connectivity index (χ3v) is 4.74. The molecule has 0 amide bonds. The minimum absolute atomic E-state index is 0.0425. The van der Waals surface area contributed by atoms with Gasteiger partial charge in [0.25, 0.3) is 0 Å². The van der Waals surface area contributed by atoms with Crippen molar-refractivity contribution in [3.05, 3.63) is 64.4 Å². The lowest BCUT2D eigenvalue weighted by atomic mass is 10.1. The average molecular weight is 348 g/mol. The molecule has 0 saturated carbocycles. The highest BCUT2D eigenvalue weighted by atomic mass is 32.2. The summed E-state index contributed by atoms with van der Waals surface area (Å²) >= 11 is 0. The maximum Gasteiger partial charge on any atom is 0.338 e. The van der Waals surface area contributed by atoms with Crippen molar-refractivity contribution in [1.29, 1.82) is 0 Å². The molecule has 2 aromatic rings. The van der Waals surface area contributed by atoms with Gasteiger partial charge in [0.05, 0.1) is 34.4 Å². The van der Waals surface area contributed by atoms with E-state index in [2.05, 4.69) is 0 Å². The second-order valence-corrected chi connectivity index (χ2v) is 6.59. The van der Waals surface area contributed by atoms with E-state index < -0.39 is 16.8 Å². The molecule has 6 nitrogen and oxygen atoms in total. The normalized spacial score (nSPS) is 11.8. The summed E-state index contributed by atoms with van der Waals surface area (Å²) in [6, 6.07) is 11.4. The smallest absolute Gasteiger partial charge is 0.338 e. The second kappa shape index (κ2) is 8.05. The van der Waals surface area contributed by atoms with Gasteiger partial charge in [-0.3, -0.25) is 9.42 Å². The molecule has 0 aliphatic rings. The molecule has 0 aromatic heterocycles. The summed E-state index contributed by atoms with van der Waals surface area (Å²) in [7, 11) is -1.38. The van der Waals surface area contributed by atoms with Crippen LogP contribution < -0.4 is 5.23 Å². The van der Waals surface area contributed by atoms with Crippen LogP contribution in [-0.4, -0.2) is 22.0 Å². The van der Waals surface area contributed by atoms with Crippen molar-refractivity contribution in [2.45, 2.75) is 24.5 Å². The number of nitrogens with zero attached hydrogens (tertiary/aromatic N) is 1. The molecule has 7 heteroatoms. The van der Waals surface area contributed by atoms with Gasteiger partial charge in [0, 0.05) is 4.90 Å². The number of ether oxygens (including phenoxy) is 1. The molecule has 24 heavy (non-hydrogen) atoms. The molecule has 0 heterocycles. The van der Waals surface area contributed by atoms with E-state index >= 15 is 0 Å². The summed E-state index contributed by atoms with van der Waals surface area (Å²) in [5.74, 6) is -0.548. The van der Waals surface area contributed by atoms with Crippen LogP contribution in [-0.2, 0) is 21.3 Å². The fourth-order valence-corrected chi connectivity index (χ4v) is 3.25. The Morgan fingerprint density at radius 2 is 1.92 bits per heavy atom. The average Bonchev–Trinajstić information content (AvgIpc) is 2.55. The zero-order valence-electron chi connectivity index (χ0n) is 13.4. The first-order valence-corrected chi connectivity index (χ1v) is 8.65. The van der Waals surface area contributed by atoms with Gasteiger partial charge in [-0.2, -0.15) is 0 Å². The molecule has 2 aromatic carbocycles. The molecule has 0 aliphatic heterocycles. The van der Waals surface area contributed by atoms with Crippen LogP contribution in [0.5, 0.6) is 0 Å². The maximum atomic E-state index is 12.4. The number of rotatable bonds is 6. The van der Waals surface area contributed by atoms with Crippen LogP contribution in [0.25, 0.3) is 0 Å². The third kappa shape index (κ3) is 4.41. The fraction of sp³-hybridized carbons (Fsp3) is 0.235. The summed E-state index contributed by atoms with van der Waals surface area (Å²) in [6.07, 6.45) is 0. The van der Waals surface area contributed by atoms with Gasteiger partial charge in [-0.25, -0.2) is 4.79 Å². The summed E-state index contributed by atoms with van der Waals surface area (Å²) in [4.78, 5) is 12.3. The number of aryl methyl sites for hydroxylation is 1. The predicted molar refractivity (Wildman–Crippen MR) is 91.3 cm³/mol. The molecule has 0 bridgehead atoms. The van der Waals surface area contributed by atoms with Crippen molar-refractivity contribution < 1.29 is 18.9 Å². The third-order valence-electron chi connectivity index (χ3n) is 3.37. The van der Waals surface area contributed by atoms with Crippen molar-refractivity contribution in [2.24, 2.45) is 0 Å². The zero-order valence-corrected chi connectivity index (χ0v) is 14.2. The Labute approximate surface area is 142 Å². The van der Waals surface area contributed by atoms with Crippen molar-refractivity contribution in [2.75, 3.05) is 11.8 Å². The number of carbonyl (C=O) groups is 1. The van der Waals surface area contributed by atoms with E-state index in [4.69, 9.17) is 4.74 Å². The highest BCUT2D eigenvalue weighted by Crippen LogP contribution is 2.24. The summed E-state index contributed by atoms with van der Waals surface area (Å²) in [5.41, 5.74) is 1.45.